The minimum Gasteiger partial charge on any atom is -0.504 e. The van der Waals surface area contributed by atoms with Crippen LogP contribution in [0.15, 0.2) is 133 Å². The number of benzene rings is 6. The molecule has 45 heteroatoms. The van der Waals surface area contributed by atoms with Gasteiger partial charge in [0.1, 0.15) is 41.1 Å². The predicted octanol–water partition coefficient (Wildman–Crippen LogP) is 11.1. The maximum Gasteiger partial charge on any atom is 0.338 e. The number of fused-ring (bicyclic) bond motifs is 6. The van der Waals surface area contributed by atoms with Gasteiger partial charge in [-0.05, 0) is 147 Å². The summed E-state index contributed by atoms with van der Waals surface area (Å²) in [5.41, 5.74) is 41.7. The number of carboxylic acids is 1. The second-order valence-corrected chi connectivity index (χ2v) is 33.8. The SMILES string of the molecule is COC(=O)[C@H]1[C@H]2C[C@@H]3c4[nH]c5cc(OC)ccc5c4CCN3C[C@H]2C[C@@H](OC(=O)c2cc(OC)c(OC)c(OC)c2)[C@@H]1OC.COc1nc(C)nc(Cl)c1NC1=NCCN1.C[C@](N)(Cc1ccc(O)c(O)c1)C(=O)O.Clc1cccc(Cl)c1NC1=NCCN1.NC(N)=N/N=C/c1c(Cl)cccc1Cl.NC(N)=NC(=O)Cc1c(Cl)cccc1Cl.NC(N)=NCC1COC2(CCCCC2)O1. The maximum absolute atomic E-state index is 13.5. The number of phenols is 2. The van der Waals surface area contributed by atoms with E-state index >= 15 is 0 Å². The number of aromatic nitrogens is 3. The summed E-state index contributed by atoms with van der Waals surface area (Å²) in [6.07, 6.45) is 8.07. The number of methoxy groups -OCH3 is 7. The summed E-state index contributed by atoms with van der Waals surface area (Å²) in [6, 6.07) is 29.0. The summed E-state index contributed by atoms with van der Waals surface area (Å²) in [7, 11) is 10.6. The fraction of sp³-hybridized carbons (Fsp3) is 0.409. The Labute approximate surface area is 803 Å². The molecule has 718 valence electrons. The van der Waals surface area contributed by atoms with E-state index in [-0.39, 0.29) is 83.5 Å². The van der Waals surface area contributed by atoms with E-state index in [1.807, 2.05) is 12.1 Å². The number of H-pyrrole nitrogens is 1. The molecule has 22 N–H and O–H groups in total. The van der Waals surface area contributed by atoms with Crippen molar-refractivity contribution in [3.05, 3.63) is 178 Å². The second-order valence-electron chi connectivity index (χ2n) is 31.0. The summed E-state index contributed by atoms with van der Waals surface area (Å²) in [4.78, 5) is 79.0. The standard InChI is InChI=1S/C33H40N2O9.C10H19N3O2.C10H13NO4.C9H9Cl2N3O.C9H9Cl2N3.C9H12ClN5O.C8H8Cl2N4/c1-38-19-7-8-20-21-9-10-35-16-18-13-27(44-32(36)17-11-25(39-2)30(41-4)26(12-17)40-3)31(42-5)28(33(37)43-6)22(18)15-24(35)29(21)34-23(20)14-19;11-9(12)13-6-8-7-14-10(15-8)4-2-1-3-5-10;1-10(11,9(14)15)5-6-2-3-7(12)8(13)4-6;10-6-2-1-3-7(11)5(6)4-8(15)14-9(12)13;10-6-2-1-3-7(11)8(6)14-9-12-4-5-13-9;1-5-13-7(10)6(8(14-5)16-2)15-9-11-3-4-12-9;9-6-2-1-3-7(10)5(6)4-13-14-8(11)12/h7-8,11-12,14,18,22,24,27-28,31,34H,9-10,13,15-16H2,1-6H3;8H,1-7H2,(H4,11,12,13);2-4,12-13H,5,11H2,1H3,(H,14,15);1-3H,4H2,(H4,12,13,14,15);1-3H,4-5H2,(H2,12,13,14);3-4H2,1-2H3,(H2,11,12,15);1-4H,(H4,11,12,14)/b;;;;;;13-4+/t18-,22+,24-,27-,28+,31+;;10-;;;;/m1.0..../s1. The van der Waals surface area contributed by atoms with Gasteiger partial charge in [0, 0.05) is 90.8 Å². The third-order valence-corrected chi connectivity index (χ3v) is 24.1. The van der Waals surface area contributed by atoms with Crippen LogP contribution in [0, 0.1) is 24.7 Å². The van der Waals surface area contributed by atoms with Gasteiger partial charge in [-0.3, -0.25) is 34.3 Å². The number of nitrogens with two attached hydrogens (primary N) is 7. The van der Waals surface area contributed by atoms with Crippen LogP contribution in [-0.2, 0) is 57.3 Å². The van der Waals surface area contributed by atoms with Gasteiger partial charge in [0.25, 0.3) is 5.91 Å². The smallest absolute Gasteiger partial charge is 0.338 e. The number of aromatic amines is 1. The number of piperidine rings is 1. The number of nitrogens with one attached hydrogen (secondary N) is 5. The Balaban J connectivity index is 0.000000187. The van der Waals surface area contributed by atoms with E-state index in [1.165, 1.54) is 103 Å². The van der Waals surface area contributed by atoms with Crippen LogP contribution in [0.1, 0.15) is 102 Å². The van der Waals surface area contributed by atoms with Gasteiger partial charge in [0.15, 0.2) is 57.8 Å². The fourth-order valence-corrected chi connectivity index (χ4v) is 17.4. The lowest BCUT2D eigenvalue weighted by Crippen LogP contribution is -2.58. The summed E-state index contributed by atoms with van der Waals surface area (Å²) >= 11 is 41.4. The molecule has 8 aromatic rings. The summed E-state index contributed by atoms with van der Waals surface area (Å²) in [5.74, 6) is 0.0745. The van der Waals surface area contributed by atoms with Crippen molar-refractivity contribution in [1.82, 2.24) is 30.5 Å². The molecule has 15 rings (SSSR count). The van der Waals surface area contributed by atoms with Crippen molar-refractivity contribution in [3.63, 3.8) is 0 Å². The van der Waals surface area contributed by atoms with Gasteiger partial charge in [-0.25, -0.2) is 9.78 Å². The van der Waals surface area contributed by atoms with Crippen molar-refractivity contribution in [1.29, 1.82) is 0 Å². The zero-order valence-electron chi connectivity index (χ0n) is 74.4. The number of esters is 2. The Hall–Kier alpha value is -11.5. The Bertz CT molecular complexity index is 5470. The van der Waals surface area contributed by atoms with Gasteiger partial charge >= 0.3 is 17.9 Å². The number of phenolic OH excluding ortho intramolecular Hbond substituents is 2. The lowest BCUT2D eigenvalue weighted by atomic mass is 9.63. The number of carbonyl (C=O) groups excluding carboxylic acids is 3. The number of hydrogen-bond donors (Lipinski definition) is 15. The molecule has 2 saturated heterocycles. The average Bonchev–Trinajstić information content (AvgIpc) is 1.63. The first-order chi connectivity index (χ1) is 63.5. The number of anilines is 2. The van der Waals surface area contributed by atoms with Crippen LogP contribution in [0.4, 0.5) is 11.4 Å². The zero-order chi connectivity index (χ0) is 97.0. The molecule has 2 saturated carbocycles. The normalized spacial score (nSPS) is 19.1. The number of hydrogen-bond acceptors (Lipinski definition) is 29. The van der Waals surface area contributed by atoms with E-state index in [0.717, 1.165) is 82.2 Å². The van der Waals surface area contributed by atoms with Gasteiger partial charge in [0.05, 0.1) is 125 Å². The number of para-hydroxylation sites is 1. The number of amides is 1. The number of aromatic hydroxyl groups is 2. The number of aliphatic imine (C=N–C) groups is 4. The minimum atomic E-state index is -1.39. The first-order valence-electron chi connectivity index (χ1n) is 41.7. The molecule has 7 aliphatic rings. The number of ether oxygens (including phenoxy) is 10. The third-order valence-electron chi connectivity index (χ3n) is 21.8. The van der Waals surface area contributed by atoms with Crippen LogP contribution in [0.25, 0.3) is 10.9 Å². The van der Waals surface area contributed by atoms with Crippen molar-refractivity contribution >= 4 is 163 Å². The lowest BCUT2D eigenvalue weighted by molar-refractivity contribution is -0.186. The van der Waals surface area contributed by atoms with Crippen molar-refractivity contribution < 1.29 is 81.9 Å². The first kappa shape index (κ1) is 105. The predicted molar refractivity (Wildman–Crippen MR) is 515 cm³/mol. The number of carbonyl (C=O) groups is 4. The average molecular weight is 1980 g/mol. The Morgan fingerprint density at radius 2 is 1.32 bits per heavy atom. The highest BCUT2D eigenvalue weighted by Crippen LogP contribution is 2.52. The number of nitrogens with zero attached hydrogens (tertiary/aromatic N) is 9. The van der Waals surface area contributed by atoms with Gasteiger partial charge in [0.2, 0.25) is 17.6 Å². The second kappa shape index (κ2) is 50.0. The number of aliphatic carboxylic acids is 1. The molecule has 1 amide bonds. The highest BCUT2D eigenvalue weighted by molar-refractivity contribution is 6.40. The van der Waals surface area contributed by atoms with E-state index in [9.17, 15) is 24.3 Å². The summed E-state index contributed by atoms with van der Waals surface area (Å²) in [6.45, 7) is 9.13. The van der Waals surface area contributed by atoms with Crippen LogP contribution < -0.4 is 85.1 Å². The molecule has 0 radical (unpaired) electrons. The van der Waals surface area contributed by atoms with Crippen LogP contribution >= 0.6 is 81.2 Å². The number of rotatable bonds is 20. The van der Waals surface area contributed by atoms with Gasteiger partial charge < -0.3 is 129 Å². The number of halogens is 7. The van der Waals surface area contributed by atoms with Crippen molar-refractivity contribution in [2.75, 3.05) is 113 Å². The van der Waals surface area contributed by atoms with Gasteiger partial charge in [-0.1, -0.05) is 112 Å². The molecule has 133 heavy (non-hydrogen) atoms. The van der Waals surface area contributed by atoms with Crippen molar-refractivity contribution in [2.45, 2.75) is 114 Å². The van der Waals surface area contributed by atoms with Crippen LogP contribution in [0.5, 0.6) is 40.4 Å². The molecule has 0 bridgehead atoms. The molecule has 5 aliphatic heterocycles. The van der Waals surface area contributed by atoms with Crippen LogP contribution in [0.3, 0.4) is 0 Å². The van der Waals surface area contributed by atoms with E-state index in [4.69, 9.17) is 179 Å². The van der Waals surface area contributed by atoms with Gasteiger partial charge in [-0.2, -0.15) is 15.1 Å². The molecule has 1 unspecified atom stereocenters. The molecule has 1 spiro atoms. The Morgan fingerprint density at radius 1 is 0.707 bits per heavy atom. The molecule has 7 heterocycles. The molecule has 8 atom stereocenters. The molecule has 38 nitrogen and oxygen atoms in total. The Kier molecular flexibility index (Phi) is 39.5. The topological polar surface area (TPSA) is 570 Å². The summed E-state index contributed by atoms with van der Waals surface area (Å²) in [5, 5.41) is 50.8. The van der Waals surface area contributed by atoms with Gasteiger partial charge in [-0.15, -0.1) is 5.10 Å². The third kappa shape index (κ3) is 29.2. The highest BCUT2D eigenvalue weighted by atomic mass is 35.5. The van der Waals surface area contributed by atoms with Crippen molar-refractivity contribution in [2.24, 2.45) is 88.1 Å². The molecular weight excluding hydrogens is 1870 g/mol. The fourth-order valence-electron chi connectivity index (χ4n) is 15.6. The quantitative estimate of drug-likeness (QED) is 0.00841. The number of carboxylic acid groups (broad SMARTS) is 1. The van der Waals surface area contributed by atoms with E-state index in [1.54, 1.807) is 87.9 Å². The molecule has 4 fully saturated rings. The summed E-state index contributed by atoms with van der Waals surface area (Å²) < 4.78 is 55.9. The van der Waals surface area contributed by atoms with Crippen molar-refractivity contribution in [3.8, 4) is 40.4 Å². The lowest BCUT2D eigenvalue weighted by Gasteiger charge is -2.52. The van der Waals surface area contributed by atoms with Crippen LogP contribution in [0.2, 0.25) is 35.3 Å². The number of aryl methyl sites for hydroxylation is 1. The minimum absolute atomic E-state index is 0.0170. The van der Waals surface area contributed by atoms with Crippen LogP contribution in [-0.4, -0.2) is 227 Å². The monoisotopic (exact) mass is 1980 g/mol. The van der Waals surface area contributed by atoms with E-state index in [2.05, 4.69) is 77.4 Å². The highest BCUT2D eigenvalue weighted by Gasteiger charge is 2.55. The largest absolute Gasteiger partial charge is 0.504 e. The molecule has 2 aliphatic carbocycles. The Morgan fingerprint density at radius 3 is 1.86 bits per heavy atom. The molecular formula is C88H110Cl7N21O17. The number of guanidine groups is 5. The maximum atomic E-state index is 13.5. The first-order valence-corrected chi connectivity index (χ1v) is 44.3. The molecule has 2 aromatic heterocycles. The van der Waals surface area contributed by atoms with E-state index in [0.29, 0.717) is 118 Å². The zero-order valence-corrected chi connectivity index (χ0v) is 79.7. The van der Waals surface area contributed by atoms with E-state index < -0.39 is 41.5 Å². The molecule has 6 aromatic carbocycles.